The molecule has 1 aromatic heterocycles. The van der Waals surface area contributed by atoms with E-state index in [0.717, 1.165) is 6.26 Å². The Kier molecular flexibility index (Phi) is 6.29. The quantitative estimate of drug-likeness (QED) is 0.209. The fourth-order valence-electron chi connectivity index (χ4n) is 2.80. The highest BCUT2D eigenvalue weighted by Gasteiger charge is 2.31. The Morgan fingerprint density at radius 2 is 2.10 bits per heavy atom. The lowest BCUT2D eigenvalue weighted by Crippen LogP contribution is -2.29. The first-order valence-corrected chi connectivity index (χ1v) is 10.9. The molecule has 1 N–H and O–H groups in total. The van der Waals surface area contributed by atoms with Crippen LogP contribution in [0.5, 0.6) is 0 Å². The molecule has 1 fully saturated rings. The van der Waals surface area contributed by atoms with Gasteiger partial charge in [0.25, 0.3) is 5.96 Å². The zero-order valence-electron chi connectivity index (χ0n) is 16.6. The molecule has 0 unspecified atom stereocenters. The number of nitro groups is 1. The van der Waals surface area contributed by atoms with Crippen molar-refractivity contribution in [3.8, 4) is 5.69 Å². The van der Waals surface area contributed by atoms with Gasteiger partial charge in [0, 0.05) is 19.3 Å². The molecule has 164 valence electrons. The number of nitrogens with zero attached hydrogens (tertiary/aromatic N) is 6. The molecular weight excluding hydrogens is 430 g/mol. The number of hydrazone groups is 1. The molecule has 1 aliphatic rings. The predicted molar refractivity (Wildman–Crippen MR) is 110 cm³/mol. The molecule has 2 heterocycles. The number of esters is 1. The number of para-hydroxylation sites is 1. The Labute approximate surface area is 177 Å². The highest BCUT2D eigenvalue weighted by molar-refractivity contribution is 7.90. The number of hydrogen-bond acceptors (Lipinski definition) is 8. The molecule has 1 saturated heterocycles. The van der Waals surface area contributed by atoms with Crippen LogP contribution in [0.2, 0.25) is 0 Å². The summed E-state index contributed by atoms with van der Waals surface area (Å²) in [6, 6.07) is 8.49. The third-order valence-electron chi connectivity index (χ3n) is 4.06. The Morgan fingerprint density at radius 1 is 1.39 bits per heavy atom. The summed E-state index contributed by atoms with van der Waals surface area (Å²) in [7, 11) is -3.92. The van der Waals surface area contributed by atoms with Crippen LogP contribution in [-0.2, 0) is 14.6 Å². The predicted octanol–water partition coefficient (Wildman–Crippen LogP) is 0.565. The minimum Gasteiger partial charge on any atom is -0.462 e. The smallest absolute Gasteiger partial charge is 0.345 e. The number of nitrogens with one attached hydrogen (secondary N) is 1. The first-order chi connectivity index (χ1) is 14.7. The fraction of sp³-hybridized carbons (Fsp3) is 0.294. The molecule has 0 bridgehead atoms. The Morgan fingerprint density at radius 3 is 2.71 bits per heavy atom. The van der Waals surface area contributed by atoms with Gasteiger partial charge in [0.1, 0.15) is 17.0 Å². The molecule has 0 atom stereocenters. The van der Waals surface area contributed by atoms with Gasteiger partial charge in [-0.05, 0) is 19.1 Å². The van der Waals surface area contributed by atoms with E-state index in [4.69, 9.17) is 4.74 Å². The number of rotatable bonds is 7. The van der Waals surface area contributed by atoms with Crippen molar-refractivity contribution in [3.05, 3.63) is 46.0 Å². The van der Waals surface area contributed by atoms with E-state index in [1.54, 1.807) is 37.3 Å². The molecule has 3 rings (SSSR count). The summed E-state index contributed by atoms with van der Waals surface area (Å²) in [4.78, 5) is 29.0. The van der Waals surface area contributed by atoms with Crippen molar-refractivity contribution in [3.63, 3.8) is 0 Å². The zero-order valence-corrected chi connectivity index (χ0v) is 17.4. The number of benzene rings is 1. The van der Waals surface area contributed by atoms with Gasteiger partial charge in [-0.25, -0.2) is 33.0 Å². The highest BCUT2D eigenvalue weighted by Crippen LogP contribution is 2.30. The van der Waals surface area contributed by atoms with Gasteiger partial charge in [-0.2, -0.15) is 5.10 Å². The number of carbonyl (C=O) groups is 1. The zero-order chi connectivity index (χ0) is 22.6. The largest absolute Gasteiger partial charge is 0.462 e. The van der Waals surface area contributed by atoms with E-state index in [2.05, 4.69) is 20.5 Å². The lowest BCUT2D eigenvalue weighted by atomic mass is 10.3. The van der Waals surface area contributed by atoms with Gasteiger partial charge >= 0.3 is 5.97 Å². The summed E-state index contributed by atoms with van der Waals surface area (Å²) in [5.41, 5.74) is 0.123. The van der Waals surface area contributed by atoms with Crippen LogP contribution >= 0.6 is 0 Å². The van der Waals surface area contributed by atoms with Crippen molar-refractivity contribution in [2.75, 3.05) is 26.0 Å². The number of aromatic nitrogens is 2. The van der Waals surface area contributed by atoms with Crippen molar-refractivity contribution < 1.29 is 23.0 Å². The van der Waals surface area contributed by atoms with Crippen LogP contribution in [0.1, 0.15) is 17.3 Å². The SMILES string of the molecule is CCOC(=O)c1c(S(C)(=O)=O)nn(-c2ccccc2)c1/N=C/N1CCN/C1=N\[N+](=O)[O-]. The van der Waals surface area contributed by atoms with Crippen LogP contribution in [0.4, 0.5) is 5.82 Å². The molecular formula is C17H19N7O6S. The molecule has 0 radical (unpaired) electrons. The minimum absolute atomic E-state index is 0.0113. The van der Waals surface area contributed by atoms with Gasteiger partial charge in [0.2, 0.25) is 0 Å². The van der Waals surface area contributed by atoms with Gasteiger partial charge in [-0.1, -0.05) is 18.2 Å². The molecule has 1 aliphatic heterocycles. The first kappa shape index (κ1) is 21.9. The van der Waals surface area contributed by atoms with Crippen molar-refractivity contribution in [1.29, 1.82) is 0 Å². The first-order valence-electron chi connectivity index (χ1n) is 9.05. The topological polar surface area (TPSA) is 161 Å². The van der Waals surface area contributed by atoms with Crippen molar-refractivity contribution in [2.24, 2.45) is 10.1 Å². The summed E-state index contributed by atoms with van der Waals surface area (Å²) >= 11 is 0. The average molecular weight is 449 g/mol. The fourth-order valence-corrected chi connectivity index (χ4v) is 3.58. The Balaban J connectivity index is 2.19. The third kappa shape index (κ3) is 4.85. The summed E-state index contributed by atoms with van der Waals surface area (Å²) in [6.07, 6.45) is 2.14. The van der Waals surface area contributed by atoms with E-state index in [1.165, 1.54) is 15.9 Å². The van der Waals surface area contributed by atoms with Gasteiger partial charge < -0.3 is 10.1 Å². The molecule has 0 saturated carbocycles. The normalized spacial score (nSPS) is 15.4. The van der Waals surface area contributed by atoms with E-state index in [1.807, 2.05) is 0 Å². The number of aliphatic imine (C=N–C) groups is 1. The molecule has 13 nitrogen and oxygen atoms in total. The lowest BCUT2D eigenvalue weighted by Gasteiger charge is -2.09. The number of ether oxygens (including phenoxy) is 1. The van der Waals surface area contributed by atoms with Crippen LogP contribution in [0.15, 0.2) is 45.5 Å². The summed E-state index contributed by atoms with van der Waals surface area (Å²) in [5.74, 6) is -1.05. The van der Waals surface area contributed by atoms with Crippen molar-refractivity contribution in [1.82, 2.24) is 20.0 Å². The number of carbonyl (C=O) groups excluding carboxylic acids is 1. The summed E-state index contributed by atoms with van der Waals surface area (Å²) in [6.45, 7) is 2.30. The standard InChI is InChI=1S/C17H19N7O6S/c1-3-30-16(25)13-14(19-11-22-10-9-18-17(22)21-24(26)27)23(12-7-5-4-6-8-12)20-15(13)31(2,28)29/h4-8,11H,3,9-10H2,1-2H3,(H,18,21)/b19-11+. The van der Waals surface area contributed by atoms with Gasteiger partial charge in [-0.3, -0.25) is 4.90 Å². The number of guanidine groups is 1. The van der Waals surface area contributed by atoms with E-state index >= 15 is 0 Å². The van der Waals surface area contributed by atoms with Crippen LogP contribution in [0, 0.1) is 10.1 Å². The molecule has 1 aromatic carbocycles. The van der Waals surface area contributed by atoms with Crippen molar-refractivity contribution >= 4 is 33.9 Å². The second-order valence-corrected chi connectivity index (χ2v) is 8.20. The molecule has 2 aromatic rings. The van der Waals surface area contributed by atoms with Crippen LogP contribution in [0.25, 0.3) is 5.69 Å². The van der Waals surface area contributed by atoms with Crippen LogP contribution in [0.3, 0.4) is 0 Å². The second-order valence-electron chi connectivity index (χ2n) is 6.27. The van der Waals surface area contributed by atoms with E-state index in [0.29, 0.717) is 18.8 Å². The molecule has 0 amide bonds. The molecule has 0 spiro atoms. The number of sulfone groups is 1. The van der Waals surface area contributed by atoms with Gasteiger partial charge in [0.05, 0.1) is 12.3 Å². The van der Waals surface area contributed by atoms with Gasteiger partial charge in [0.15, 0.2) is 25.7 Å². The van der Waals surface area contributed by atoms with Crippen LogP contribution in [-0.4, -0.2) is 72.4 Å². The molecule has 0 aliphatic carbocycles. The second kappa shape index (κ2) is 8.91. The average Bonchev–Trinajstić information content (AvgIpc) is 3.30. The van der Waals surface area contributed by atoms with Crippen LogP contribution < -0.4 is 5.32 Å². The Hall–Kier alpha value is -3.81. The molecule has 31 heavy (non-hydrogen) atoms. The van der Waals surface area contributed by atoms with E-state index in [9.17, 15) is 23.3 Å². The lowest BCUT2D eigenvalue weighted by molar-refractivity contribution is -0.485. The van der Waals surface area contributed by atoms with Crippen molar-refractivity contribution in [2.45, 2.75) is 11.9 Å². The summed E-state index contributed by atoms with van der Waals surface area (Å²) < 4.78 is 30.9. The maximum atomic E-state index is 12.6. The number of hydrogen-bond donors (Lipinski definition) is 1. The monoisotopic (exact) mass is 449 g/mol. The highest BCUT2D eigenvalue weighted by atomic mass is 32.2. The summed E-state index contributed by atoms with van der Waals surface area (Å²) in [5, 5.41) is 19.5. The van der Waals surface area contributed by atoms with E-state index in [-0.39, 0.29) is 23.9 Å². The van der Waals surface area contributed by atoms with E-state index < -0.39 is 25.9 Å². The van der Waals surface area contributed by atoms with Gasteiger partial charge in [-0.15, -0.1) is 0 Å². The third-order valence-corrected chi connectivity index (χ3v) is 5.05. The molecule has 14 heteroatoms. The minimum atomic E-state index is -3.92. The maximum Gasteiger partial charge on any atom is 0.345 e. The maximum absolute atomic E-state index is 12.6. The Bertz CT molecular complexity index is 1160.